The molecule has 1 aliphatic rings. The van der Waals surface area contributed by atoms with Crippen molar-refractivity contribution >= 4 is 50.8 Å². The highest BCUT2D eigenvalue weighted by molar-refractivity contribution is 9.10. The highest BCUT2D eigenvalue weighted by Gasteiger charge is 2.18. The maximum Gasteiger partial charge on any atom is 0.257 e. The molecule has 1 fully saturated rings. The first-order chi connectivity index (χ1) is 15.3. The summed E-state index contributed by atoms with van der Waals surface area (Å²) in [5.41, 5.74) is 1.70. The van der Waals surface area contributed by atoms with Gasteiger partial charge in [-0.15, -0.1) is 0 Å². The number of amides is 2. The standard InChI is InChI=1S/C24H28BrN3O3S/c1-16(2)31-21-11-10-17(15-20(21)25)22(29)27-24(32)26-19-9-7-8-18(14-19)23(30)28-12-5-3-4-6-13-28/h7-11,14-16H,3-6,12-13H2,1-2H3,(H2,26,27,29,32). The Morgan fingerprint density at radius 1 is 1.03 bits per heavy atom. The first-order valence-electron chi connectivity index (χ1n) is 10.8. The summed E-state index contributed by atoms with van der Waals surface area (Å²) in [6.07, 6.45) is 4.46. The van der Waals surface area contributed by atoms with Crippen molar-refractivity contribution in [3.8, 4) is 5.75 Å². The molecule has 0 aromatic heterocycles. The van der Waals surface area contributed by atoms with Crippen molar-refractivity contribution in [1.82, 2.24) is 10.2 Å². The third kappa shape index (κ3) is 6.77. The second-order valence-corrected chi connectivity index (χ2v) is 9.27. The molecular weight excluding hydrogens is 490 g/mol. The summed E-state index contributed by atoms with van der Waals surface area (Å²) in [4.78, 5) is 27.4. The van der Waals surface area contributed by atoms with Crippen molar-refractivity contribution in [2.24, 2.45) is 0 Å². The van der Waals surface area contributed by atoms with Crippen LogP contribution in [-0.4, -0.2) is 41.0 Å². The van der Waals surface area contributed by atoms with Crippen LogP contribution in [0.3, 0.4) is 0 Å². The monoisotopic (exact) mass is 517 g/mol. The minimum absolute atomic E-state index is 0.0269. The normalized spacial score (nSPS) is 13.9. The van der Waals surface area contributed by atoms with Gasteiger partial charge < -0.3 is 15.0 Å². The fourth-order valence-electron chi connectivity index (χ4n) is 3.52. The SMILES string of the molecule is CC(C)Oc1ccc(C(=O)NC(=S)Nc2cccc(C(=O)N3CCCCCC3)c2)cc1Br. The molecule has 8 heteroatoms. The maximum absolute atomic E-state index is 12.9. The topological polar surface area (TPSA) is 70.7 Å². The molecule has 1 heterocycles. The molecule has 32 heavy (non-hydrogen) atoms. The Labute approximate surface area is 202 Å². The van der Waals surface area contributed by atoms with E-state index in [4.69, 9.17) is 17.0 Å². The molecule has 1 aliphatic heterocycles. The van der Waals surface area contributed by atoms with Gasteiger partial charge in [-0.05, 0) is 91.2 Å². The Bertz CT molecular complexity index is 988. The Morgan fingerprint density at radius 2 is 1.75 bits per heavy atom. The quantitative estimate of drug-likeness (QED) is 0.521. The van der Waals surface area contributed by atoms with E-state index in [9.17, 15) is 9.59 Å². The summed E-state index contributed by atoms with van der Waals surface area (Å²) in [6, 6.07) is 12.3. The van der Waals surface area contributed by atoms with Gasteiger partial charge in [0.25, 0.3) is 11.8 Å². The molecule has 2 aromatic carbocycles. The lowest BCUT2D eigenvalue weighted by Gasteiger charge is -2.20. The number of benzene rings is 2. The van der Waals surface area contributed by atoms with E-state index < -0.39 is 0 Å². The van der Waals surface area contributed by atoms with Gasteiger partial charge in [0, 0.05) is 29.9 Å². The average molecular weight is 518 g/mol. The van der Waals surface area contributed by atoms with Gasteiger partial charge in [-0.1, -0.05) is 18.9 Å². The number of carbonyl (C=O) groups is 2. The third-order valence-electron chi connectivity index (χ3n) is 5.04. The molecule has 6 nitrogen and oxygen atoms in total. The van der Waals surface area contributed by atoms with Crippen LogP contribution >= 0.6 is 28.1 Å². The van der Waals surface area contributed by atoms with Gasteiger partial charge in [0.2, 0.25) is 0 Å². The largest absolute Gasteiger partial charge is 0.490 e. The number of ether oxygens (including phenoxy) is 1. The predicted octanol–water partition coefficient (Wildman–Crippen LogP) is 5.38. The molecule has 170 valence electrons. The maximum atomic E-state index is 12.9. The van der Waals surface area contributed by atoms with Crippen LogP contribution in [0.1, 0.15) is 60.2 Å². The van der Waals surface area contributed by atoms with E-state index in [1.165, 1.54) is 12.8 Å². The van der Waals surface area contributed by atoms with Gasteiger partial charge in [-0.3, -0.25) is 14.9 Å². The van der Waals surface area contributed by atoms with Crippen molar-refractivity contribution in [2.45, 2.75) is 45.6 Å². The molecule has 1 saturated heterocycles. The molecule has 0 bridgehead atoms. The zero-order valence-electron chi connectivity index (χ0n) is 18.3. The molecule has 2 N–H and O–H groups in total. The molecule has 2 aromatic rings. The smallest absolute Gasteiger partial charge is 0.257 e. The van der Waals surface area contributed by atoms with Crippen LogP contribution in [0.2, 0.25) is 0 Å². The molecule has 0 saturated carbocycles. The lowest BCUT2D eigenvalue weighted by atomic mass is 10.1. The number of likely N-dealkylation sites (tertiary alicyclic amines) is 1. The van der Waals surface area contributed by atoms with Gasteiger partial charge >= 0.3 is 0 Å². The van der Waals surface area contributed by atoms with Crippen LogP contribution in [0.15, 0.2) is 46.9 Å². The van der Waals surface area contributed by atoms with E-state index in [0.717, 1.165) is 25.9 Å². The molecular formula is C24H28BrN3O3S. The first-order valence-corrected chi connectivity index (χ1v) is 12.0. The minimum Gasteiger partial charge on any atom is -0.490 e. The molecule has 2 amide bonds. The number of halogens is 1. The van der Waals surface area contributed by atoms with Crippen LogP contribution < -0.4 is 15.4 Å². The number of nitrogens with one attached hydrogen (secondary N) is 2. The van der Waals surface area contributed by atoms with Gasteiger partial charge in [0.05, 0.1) is 10.6 Å². The number of rotatable bonds is 5. The van der Waals surface area contributed by atoms with Gasteiger partial charge in [-0.25, -0.2) is 0 Å². The highest BCUT2D eigenvalue weighted by Crippen LogP contribution is 2.27. The van der Waals surface area contributed by atoms with Gasteiger partial charge in [-0.2, -0.15) is 0 Å². The lowest BCUT2D eigenvalue weighted by Crippen LogP contribution is -2.34. The molecule has 0 radical (unpaired) electrons. The summed E-state index contributed by atoms with van der Waals surface area (Å²) in [5.74, 6) is 0.360. The number of hydrogen-bond acceptors (Lipinski definition) is 4. The summed E-state index contributed by atoms with van der Waals surface area (Å²) in [7, 11) is 0. The lowest BCUT2D eigenvalue weighted by molar-refractivity contribution is 0.0761. The van der Waals surface area contributed by atoms with E-state index in [2.05, 4.69) is 26.6 Å². The highest BCUT2D eigenvalue weighted by atomic mass is 79.9. The number of nitrogens with zero attached hydrogens (tertiary/aromatic N) is 1. The Hall–Kier alpha value is -2.45. The number of hydrogen-bond donors (Lipinski definition) is 2. The minimum atomic E-state index is -0.337. The van der Waals surface area contributed by atoms with Crippen molar-refractivity contribution in [1.29, 1.82) is 0 Å². The van der Waals surface area contributed by atoms with Crippen molar-refractivity contribution in [3.63, 3.8) is 0 Å². The zero-order valence-corrected chi connectivity index (χ0v) is 20.7. The van der Waals surface area contributed by atoms with E-state index in [1.807, 2.05) is 30.9 Å². The van der Waals surface area contributed by atoms with Crippen molar-refractivity contribution in [3.05, 3.63) is 58.1 Å². The number of carbonyl (C=O) groups excluding carboxylic acids is 2. The first kappa shape index (κ1) is 24.2. The molecule has 0 unspecified atom stereocenters. The zero-order chi connectivity index (χ0) is 23.1. The summed E-state index contributed by atoms with van der Waals surface area (Å²) >= 11 is 8.74. The Morgan fingerprint density at radius 3 is 2.41 bits per heavy atom. The molecule has 0 atom stereocenters. The molecule has 0 aliphatic carbocycles. The van der Waals surface area contributed by atoms with Crippen LogP contribution in [0.25, 0.3) is 0 Å². The summed E-state index contributed by atoms with van der Waals surface area (Å²) in [6.45, 7) is 5.46. The van der Waals surface area contributed by atoms with Gasteiger partial charge in [0.15, 0.2) is 5.11 Å². The van der Waals surface area contributed by atoms with E-state index in [-0.39, 0.29) is 23.0 Å². The summed E-state index contributed by atoms with van der Waals surface area (Å²) < 4.78 is 6.37. The Balaban J connectivity index is 1.61. The van der Waals surface area contributed by atoms with Crippen LogP contribution in [-0.2, 0) is 0 Å². The molecule has 3 rings (SSSR count). The van der Waals surface area contributed by atoms with E-state index >= 15 is 0 Å². The van der Waals surface area contributed by atoms with Crippen molar-refractivity contribution in [2.75, 3.05) is 18.4 Å². The predicted molar refractivity (Wildman–Crippen MR) is 134 cm³/mol. The van der Waals surface area contributed by atoms with E-state index in [1.54, 1.807) is 30.3 Å². The van der Waals surface area contributed by atoms with Crippen LogP contribution in [0.5, 0.6) is 5.75 Å². The molecule has 0 spiro atoms. The second kappa shape index (κ2) is 11.4. The van der Waals surface area contributed by atoms with E-state index in [0.29, 0.717) is 27.0 Å². The average Bonchev–Trinajstić information content (AvgIpc) is 3.04. The fraction of sp³-hybridized carbons (Fsp3) is 0.375. The van der Waals surface area contributed by atoms with Gasteiger partial charge in [0.1, 0.15) is 5.75 Å². The Kier molecular flexibility index (Phi) is 8.64. The third-order valence-corrected chi connectivity index (χ3v) is 5.87. The van der Waals surface area contributed by atoms with Crippen LogP contribution in [0.4, 0.5) is 5.69 Å². The van der Waals surface area contributed by atoms with Crippen molar-refractivity contribution < 1.29 is 14.3 Å². The summed E-state index contributed by atoms with van der Waals surface area (Å²) in [5, 5.41) is 5.83. The number of thiocarbonyl (C=S) groups is 1. The second-order valence-electron chi connectivity index (χ2n) is 8.01. The van der Waals surface area contributed by atoms with Crippen LogP contribution in [0, 0.1) is 0 Å². The number of anilines is 1. The fourth-order valence-corrected chi connectivity index (χ4v) is 4.20.